The molecule has 0 aliphatic rings. The largest absolute Gasteiger partial charge is 0.390 e. The highest BCUT2D eigenvalue weighted by atomic mass is 16.3. The van der Waals surface area contributed by atoms with E-state index in [1.165, 1.54) is 0 Å². The molecular weight excluding hydrogens is 182 g/mol. The van der Waals surface area contributed by atoms with Gasteiger partial charge in [-0.3, -0.25) is 4.98 Å². The van der Waals surface area contributed by atoms with Crippen LogP contribution in [0.1, 0.15) is 11.4 Å². The summed E-state index contributed by atoms with van der Waals surface area (Å²) in [5.41, 5.74) is 1.32. The first-order valence-corrected chi connectivity index (χ1v) is 4.27. The Morgan fingerprint density at radius 1 is 1.50 bits per heavy atom. The van der Waals surface area contributed by atoms with Gasteiger partial charge < -0.3 is 15.7 Å². The second-order valence-electron chi connectivity index (χ2n) is 2.71. The Bertz CT molecular complexity index is 315. The summed E-state index contributed by atoms with van der Waals surface area (Å²) in [4.78, 5) is 14.9. The van der Waals surface area contributed by atoms with Crippen LogP contribution >= 0.6 is 0 Å². The van der Waals surface area contributed by atoms with Crippen molar-refractivity contribution in [2.75, 3.05) is 7.05 Å². The minimum Gasteiger partial charge on any atom is -0.390 e. The Labute approximate surface area is 82.2 Å². The van der Waals surface area contributed by atoms with Crippen molar-refractivity contribution in [1.82, 2.24) is 15.6 Å². The normalized spacial score (nSPS) is 9.57. The topological polar surface area (TPSA) is 74.2 Å². The molecule has 2 amide bonds. The summed E-state index contributed by atoms with van der Waals surface area (Å²) in [6, 6.07) is 5.05. The summed E-state index contributed by atoms with van der Waals surface area (Å²) in [7, 11) is 1.55. The monoisotopic (exact) mass is 195 g/mol. The number of hydrogen-bond donors (Lipinski definition) is 3. The first-order valence-electron chi connectivity index (χ1n) is 4.27. The zero-order valence-electron chi connectivity index (χ0n) is 7.95. The Balaban J connectivity index is 2.54. The highest BCUT2D eigenvalue weighted by Crippen LogP contribution is 1.98. The Morgan fingerprint density at radius 2 is 2.21 bits per heavy atom. The molecule has 0 radical (unpaired) electrons. The van der Waals surface area contributed by atoms with Crippen LogP contribution in [0.2, 0.25) is 0 Å². The number of carbonyl (C=O) groups excluding carboxylic acids is 1. The summed E-state index contributed by atoms with van der Waals surface area (Å²) in [6.45, 7) is 0.265. The minimum absolute atomic E-state index is 0.0895. The molecule has 1 rings (SSSR count). The molecule has 3 N–H and O–H groups in total. The quantitative estimate of drug-likeness (QED) is 0.635. The number of carbonyl (C=O) groups is 1. The Hall–Kier alpha value is -1.62. The molecule has 0 aromatic carbocycles. The zero-order valence-corrected chi connectivity index (χ0v) is 7.95. The number of aliphatic hydroxyl groups excluding tert-OH is 1. The fraction of sp³-hybridized carbons (Fsp3) is 0.333. The van der Waals surface area contributed by atoms with E-state index in [4.69, 9.17) is 5.11 Å². The molecule has 1 heterocycles. The lowest BCUT2D eigenvalue weighted by Gasteiger charge is -2.04. The van der Waals surface area contributed by atoms with Gasteiger partial charge in [0.2, 0.25) is 0 Å². The smallest absolute Gasteiger partial charge is 0.314 e. The molecule has 5 heteroatoms. The predicted molar refractivity (Wildman–Crippen MR) is 51.5 cm³/mol. The van der Waals surface area contributed by atoms with Crippen LogP contribution in [0.4, 0.5) is 4.79 Å². The zero-order chi connectivity index (χ0) is 10.4. The highest BCUT2D eigenvalue weighted by Gasteiger charge is 1.99. The number of rotatable bonds is 3. The average molecular weight is 195 g/mol. The maximum absolute atomic E-state index is 10.8. The number of hydrogen-bond acceptors (Lipinski definition) is 3. The van der Waals surface area contributed by atoms with Crippen LogP contribution in [0, 0.1) is 0 Å². The lowest BCUT2D eigenvalue weighted by molar-refractivity contribution is 0.242. The molecule has 1 aromatic heterocycles. The third-order valence-corrected chi connectivity index (χ3v) is 1.68. The molecule has 0 bridgehead atoms. The van der Waals surface area contributed by atoms with Crippen LogP contribution in [0.3, 0.4) is 0 Å². The number of nitrogens with zero attached hydrogens (tertiary/aromatic N) is 1. The number of aromatic nitrogens is 1. The van der Waals surface area contributed by atoms with E-state index >= 15 is 0 Å². The number of amides is 2. The van der Waals surface area contributed by atoms with Gasteiger partial charge in [0.25, 0.3) is 0 Å². The lowest BCUT2D eigenvalue weighted by atomic mass is 10.3. The first-order chi connectivity index (χ1) is 6.76. The fourth-order valence-electron chi connectivity index (χ4n) is 0.975. The number of aliphatic hydroxyl groups is 1. The predicted octanol–water partition coefficient (Wildman–Crippen LogP) is 0.00290. The van der Waals surface area contributed by atoms with Crippen molar-refractivity contribution in [3.63, 3.8) is 0 Å². The van der Waals surface area contributed by atoms with E-state index in [1.807, 2.05) is 0 Å². The molecule has 0 spiro atoms. The van der Waals surface area contributed by atoms with Gasteiger partial charge in [-0.05, 0) is 12.1 Å². The number of nitrogens with one attached hydrogen (secondary N) is 2. The molecule has 0 aliphatic heterocycles. The molecule has 0 aliphatic carbocycles. The molecule has 14 heavy (non-hydrogen) atoms. The van der Waals surface area contributed by atoms with E-state index < -0.39 is 0 Å². The van der Waals surface area contributed by atoms with Gasteiger partial charge in [-0.15, -0.1) is 0 Å². The van der Waals surface area contributed by atoms with E-state index in [1.54, 1.807) is 25.2 Å². The van der Waals surface area contributed by atoms with Crippen LogP contribution < -0.4 is 10.6 Å². The van der Waals surface area contributed by atoms with Gasteiger partial charge in [-0.1, -0.05) is 6.07 Å². The highest BCUT2D eigenvalue weighted by molar-refractivity contribution is 5.73. The van der Waals surface area contributed by atoms with E-state index in [9.17, 15) is 4.79 Å². The van der Waals surface area contributed by atoms with Crippen molar-refractivity contribution in [1.29, 1.82) is 0 Å². The summed E-state index contributed by atoms with van der Waals surface area (Å²) in [5, 5.41) is 13.9. The van der Waals surface area contributed by atoms with E-state index in [0.29, 0.717) is 12.2 Å². The van der Waals surface area contributed by atoms with Crippen molar-refractivity contribution in [2.24, 2.45) is 0 Å². The Kier molecular flexibility index (Phi) is 3.87. The van der Waals surface area contributed by atoms with Crippen molar-refractivity contribution < 1.29 is 9.90 Å². The average Bonchev–Trinajstić information content (AvgIpc) is 2.26. The molecular formula is C9H13N3O2. The second kappa shape index (κ2) is 5.18. The van der Waals surface area contributed by atoms with Gasteiger partial charge in [0.1, 0.15) is 0 Å². The van der Waals surface area contributed by atoms with Crippen LogP contribution in [-0.2, 0) is 13.2 Å². The third kappa shape index (κ3) is 3.02. The number of urea groups is 1. The maximum Gasteiger partial charge on any atom is 0.314 e. The molecule has 5 nitrogen and oxygen atoms in total. The summed E-state index contributed by atoms with van der Waals surface area (Å²) >= 11 is 0. The van der Waals surface area contributed by atoms with Gasteiger partial charge >= 0.3 is 6.03 Å². The summed E-state index contributed by atoms with van der Waals surface area (Å²) in [5.74, 6) is 0. The van der Waals surface area contributed by atoms with Crippen LogP contribution in [0.25, 0.3) is 0 Å². The number of pyridine rings is 1. The SMILES string of the molecule is CNC(=O)NCc1cccc(CO)n1. The van der Waals surface area contributed by atoms with Gasteiger partial charge in [-0.25, -0.2) is 4.79 Å². The van der Waals surface area contributed by atoms with E-state index in [0.717, 1.165) is 5.69 Å². The summed E-state index contributed by atoms with van der Waals surface area (Å²) < 4.78 is 0. The van der Waals surface area contributed by atoms with E-state index in [2.05, 4.69) is 15.6 Å². The molecule has 0 atom stereocenters. The first kappa shape index (κ1) is 10.5. The summed E-state index contributed by atoms with van der Waals surface area (Å²) in [6.07, 6.45) is 0. The lowest BCUT2D eigenvalue weighted by Crippen LogP contribution is -2.32. The minimum atomic E-state index is -0.249. The maximum atomic E-state index is 10.8. The second-order valence-corrected chi connectivity index (χ2v) is 2.71. The molecule has 0 saturated heterocycles. The van der Waals surface area contributed by atoms with Gasteiger partial charge in [0.15, 0.2) is 0 Å². The van der Waals surface area contributed by atoms with Gasteiger partial charge in [0.05, 0.1) is 24.5 Å². The fourth-order valence-corrected chi connectivity index (χ4v) is 0.975. The Morgan fingerprint density at radius 3 is 2.86 bits per heavy atom. The van der Waals surface area contributed by atoms with Gasteiger partial charge in [0, 0.05) is 7.05 Å². The van der Waals surface area contributed by atoms with Gasteiger partial charge in [-0.2, -0.15) is 0 Å². The molecule has 1 aromatic rings. The van der Waals surface area contributed by atoms with E-state index in [-0.39, 0.29) is 12.6 Å². The third-order valence-electron chi connectivity index (χ3n) is 1.68. The standard InChI is InChI=1S/C9H13N3O2/c1-10-9(14)11-5-7-3-2-4-8(6-13)12-7/h2-4,13H,5-6H2,1H3,(H2,10,11,14). The van der Waals surface area contributed by atoms with Crippen molar-refractivity contribution >= 4 is 6.03 Å². The molecule has 0 fully saturated rings. The van der Waals surface area contributed by atoms with Crippen LogP contribution in [-0.4, -0.2) is 23.2 Å². The molecule has 76 valence electrons. The van der Waals surface area contributed by atoms with Crippen LogP contribution in [0.5, 0.6) is 0 Å². The molecule has 0 unspecified atom stereocenters. The van der Waals surface area contributed by atoms with Crippen molar-refractivity contribution in [2.45, 2.75) is 13.2 Å². The van der Waals surface area contributed by atoms with Crippen molar-refractivity contribution in [3.05, 3.63) is 29.6 Å². The van der Waals surface area contributed by atoms with Crippen LogP contribution in [0.15, 0.2) is 18.2 Å². The molecule has 0 saturated carbocycles. The van der Waals surface area contributed by atoms with Crippen molar-refractivity contribution in [3.8, 4) is 0 Å².